The summed E-state index contributed by atoms with van der Waals surface area (Å²) >= 11 is 1.74. The van der Waals surface area contributed by atoms with Gasteiger partial charge in [-0.25, -0.2) is 9.97 Å². The number of pyridine rings is 1. The Labute approximate surface area is 287 Å². The number of benzene rings is 8. The molecule has 0 radical (unpaired) electrons. The molecular formula is C46H28N2S. The highest BCUT2D eigenvalue weighted by molar-refractivity contribution is 7.21. The van der Waals surface area contributed by atoms with E-state index in [1.54, 1.807) is 11.3 Å². The van der Waals surface area contributed by atoms with Crippen LogP contribution in [0.2, 0.25) is 0 Å². The molecule has 0 aliphatic rings. The number of para-hydroxylation sites is 2. The normalized spacial score (nSPS) is 11.7. The molecule has 0 aliphatic heterocycles. The maximum absolute atomic E-state index is 5.32. The number of aromatic nitrogens is 2. The lowest BCUT2D eigenvalue weighted by atomic mass is 9.89. The van der Waals surface area contributed by atoms with Crippen molar-refractivity contribution in [2.24, 2.45) is 0 Å². The zero-order valence-corrected chi connectivity index (χ0v) is 27.3. The molecule has 0 N–H and O–H groups in total. The second-order valence-corrected chi connectivity index (χ2v) is 13.6. The van der Waals surface area contributed by atoms with E-state index >= 15 is 0 Å². The second-order valence-electron chi connectivity index (χ2n) is 12.6. The summed E-state index contributed by atoms with van der Waals surface area (Å²) in [6.07, 6.45) is 0. The second kappa shape index (κ2) is 11.2. The van der Waals surface area contributed by atoms with Gasteiger partial charge in [-0.05, 0) is 80.2 Å². The Morgan fingerprint density at radius 3 is 1.90 bits per heavy atom. The van der Waals surface area contributed by atoms with E-state index < -0.39 is 0 Å². The van der Waals surface area contributed by atoms with Crippen molar-refractivity contribution in [2.75, 3.05) is 0 Å². The van der Waals surface area contributed by atoms with E-state index in [2.05, 4.69) is 164 Å². The number of hydrogen-bond acceptors (Lipinski definition) is 3. The molecule has 10 aromatic rings. The van der Waals surface area contributed by atoms with Crippen LogP contribution in [0.3, 0.4) is 0 Å². The van der Waals surface area contributed by atoms with Gasteiger partial charge in [-0.15, -0.1) is 11.3 Å². The molecule has 0 fully saturated rings. The summed E-state index contributed by atoms with van der Waals surface area (Å²) < 4.78 is 1.21. The van der Waals surface area contributed by atoms with Crippen molar-refractivity contribution in [2.45, 2.75) is 0 Å². The summed E-state index contributed by atoms with van der Waals surface area (Å²) in [4.78, 5) is 10.2. The number of thiazole rings is 1. The summed E-state index contributed by atoms with van der Waals surface area (Å²) in [5.41, 5.74) is 10.1. The Balaban J connectivity index is 1.14. The predicted molar refractivity (Wildman–Crippen MR) is 209 cm³/mol. The number of hydrogen-bond donors (Lipinski definition) is 0. The lowest BCUT2D eigenvalue weighted by Gasteiger charge is -2.16. The smallest absolute Gasteiger partial charge is 0.124 e. The molecule has 2 heterocycles. The molecular weight excluding hydrogens is 613 g/mol. The molecule has 3 heteroatoms. The molecule has 0 aliphatic carbocycles. The van der Waals surface area contributed by atoms with Crippen LogP contribution in [0.25, 0.3) is 97.5 Å². The van der Waals surface area contributed by atoms with Crippen LogP contribution in [0.1, 0.15) is 0 Å². The van der Waals surface area contributed by atoms with Crippen LogP contribution >= 0.6 is 11.3 Å². The average Bonchev–Trinajstić information content (AvgIpc) is 3.62. The molecule has 0 bridgehead atoms. The fourth-order valence-corrected chi connectivity index (χ4v) is 8.24. The average molecular weight is 641 g/mol. The number of rotatable bonds is 4. The fourth-order valence-electron chi connectivity index (χ4n) is 7.28. The van der Waals surface area contributed by atoms with Crippen molar-refractivity contribution in [1.82, 2.24) is 9.97 Å². The maximum Gasteiger partial charge on any atom is 0.124 e. The Bertz CT molecular complexity index is 2850. The van der Waals surface area contributed by atoms with E-state index in [-0.39, 0.29) is 0 Å². The van der Waals surface area contributed by atoms with Gasteiger partial charge in [-0.1, -0.05) is 133 Å². The molecule has 2 aromatic heterocycles. The van der Waals surface area contributed by atoms with Gasteiger partial charge in [0.15, 0.2) is 0 Å². The van der Waals surface area contributed by atoms with Crippen LogP contribution in [0.4, 0.5) is 0 Å². The Hall–Kier alpha value is -6.16. The highest BCUT2D eigenvalue weighted by atomic mass is 32.1. The van der Waals surface area contributed by atoms with Gasteiger partial charge in [-0.2, -0.15) is 0 Å². The van der Waals surface area contributed by atoms with Crippen LogP contribution in [0.15, 0.2) is 170 Å². The van der Waals surface area contributed by atoms with Crippen molar-refractivity contribution in [3.63, 3.8) is 0 Å². The lowest BCUT2D eigenvalue weighted by molar-refractivity contribution is 1.43. The third-order valence-electron chi connectivity index (χ3n) is 9.66. The number of nitrogens with zero attached hydrogens (tertiary/aromatic N) is 2. The van der Waals surface area contributed by atoms with E-state index in [0.29, 0.717) is 0 Å². The lowest BCUT2D eigenvalue weighted by Crippen LogP contribution is -1.93. The SMILES string of the molecule is c1cc(-c2ccc(-c3cc4c(-c5ccc6ccccc6c5)nc5ccccc5c4c4ccccc34)cc2)cc(-c2nc3ccccc3s2)c1. The minimum atomic E-state index is 1.01. The fraction of sp³-hybridized carbons (Fsp3) is 0. The summed E-state index contributed by atoms with van der Waals surface area (Å²) in [6.45, 7) is 0. The zero-order chi connectivity index (χ0) is 32.3. The maximum atomic E-state index is 5.32. The molecule has 0 saturated heterocycles. The first kappa shape index (κ1) is 27.9. The van der Waals surface area contributed by atoms with Gasteiger partial charge < -0.3 is 0 Å². The molecule has 0 amide bonds. The Kier molecular flexibility index (Phi) is 6.39. The monoisotopic (exact) mass is 640 g/mol. The van der Waals surface area contributed by atoms with E-state index in [1.807, 2.05) is 6.07 Å². The molecule has 8 aromatic carbocycles. The largest absolute Gasteiger partial charge is 0.247 e. The molecule has 228 valence electrons. The summed E-state index contributed by atoms with van der Waals surface area (Å²) in [5, 5.41) is 9.55. The highest BCUT2D eigenvalue weighted by Crippen LogP contribution is 2.42. The first-order chi connectivity index (χ1) is 24.3. The molecule has 49 heavy (non-hydrogen) atoms. The van der Waals surface area contributed by atoms with Crippen molar-refractivity contribution in [3.05, 3.63) is 170 Å². The van der Waals surface area contributed by atoms with E-state index in [0.717, 1.165) is 38.2 Å². The first-order valence-corrected chi connectivity index (χ1v) is 17.4. The van der Waals surface area contributed by atoms with Gasteiger partial charge in [0.25, 0.3) is 0 Å². The quantitative estimate of drug-likeness (QED) is 0.179. The van der Waals surface area contributed by atoms with Gasteiger partial charge in [0.05, 0.1) is 21.4 Å². The van der Waals surface area contributed by atoms with Crippen LogP contribution < -0.4 is 0 Å². The molecule has 10 rings (SSSR count). The van der Waals surface area contributed by atoms with Crippen molar-refractivity contribution < 1.29 is 0 Å². The summed E-state index contributed by atoms with van der Waals surface area (Å²) in [5.74, 6) is 0. The molecule has 0 atom stereocenters. The minimum absolute atomic E-state index is 1.01. The molecule has 0 saturated carbocycles. The van der Waals surface area contributed by atoms with Gasteiger partial charge in [0, 0.05) is 27.3 Å². The van der Waals surface area contributed by atoms with E-state index in [9.17, 15) is 0 Å². The zero-order valence-electron chi connectivity index (χ0n) is 26.5. The van der Waals surface area contributed by atoms with E-state index in [4.69, 9.17) is 9.97 Å². The van der Waals surface area contributed by atoms with Crippen LogP contribution in [0.5, 0.6) is 0 Å². The topological polar surface area (TPSA) is 25.8 Å². The third kappa shape index (κ3) is 4.70. The third-order valence-corrected chi connectivity index (χ3v) is 10.7. The van der Waals surface area contributed by atoms with Gasteiger partial charge in [0.1, 0.15) is 5.01 Å². The van der Waals surface area contributed by atoms with Crippen LogP contribution in [-0.4, -0.2) is 9.97 Å². The van der Waals surface area contributed by atoms with Crippen molar-refractivity contribution in [3.8, 4) is 44.1 Å². The van der Waals surface area contributed by atoms with Gasteiger partial charge in [-0.3, -0.25) is 0 Å². The van der Waals surface area contributed by atoms with Gasteiger partial charge >= 0.3 is 0 Å². The predicted octanol–water partition coefficient (Wildman–Crippen LogP) is 13.0. The van der Waals surface area contributed by atoms with Crippen LogP contribution in [0, 0.1) is 0 Å². The van der Waals surface area contributed by atoms with E-state index in [1.165, 1.54) is 59.3 Å². The molecule has 0 spiro atoms. The molecule has 0 unspecified atom stereocenters. The highest BCUT2D eigenvalue weighted by Gasteiger charge is 2.17. The van der Waals surface area contributed by atoms with Crippen LogP contribution in [-0.2, 0) is 0 Å². The first-order valence-electron chi connectivity index (χ1n) is 16.6. The van der Waals surface area contributed by atoms with Gasteiger partial charge in [0.2, 0.25) is 0 Å². The minimum Gasteiger partial charge on any atom is -0.247 e. The van der Waals surface area contributed by atoms with Crippen molar-refractivity contribution in [1.29, 1.82) is 0 Å². The summed E-state index contributed by atoms with van der Waals surface area (Å²) in [7, 11) is 0. The number of fused-ring (bicyclic) bond motifs is 7. The molecule has 2 nitrogen and oxygen atoms in total. The summed E-state index contributed by atoms with van der Waals surface area (Å²) in [6, 6.07) is 61.0. The Morgan fingerprint density at radius 1 is 0.367 bits per heavy atom. The van der Waals surface area contributed by atoms with Crippen molar-refractivity contribution >= 4 is 64.8 Å². The Morgan fingerprint density at radius 2 is 1.04 bits per heavy atom. The standard InChI is InChI=1S/C46H28N2S/c1-2-11-32-26-34(25-22-29(32)10-1)45-40-28-39(36-14-3-4-15-37(36)44(40)38-16-5-6-17-41(38)47-45)31-23-20-30(21-24-31)33-12-9-13-35(27-33)46-48-42-18-7-8-19-43(42)49-46/h1-28H.